The van der Waals surface area contributed by atoms with Crippen LogP contribution in [-0.2, 0) is 6.18 Å². The van der Waals surface area contributed by atoms with E-state index >= 15 is 0 Å². The minimum Gasteiger partial charge on any atom is -0.430 e. The van der Waals surface area contributed by atoms with Crippen LogP contribution in [0.2, 0.25) is 0 Å². The Balaban J connectivity index is 1.54. The molecule has 0 radical (unpaired) electrons. The van der Waals surface area contributed by atoms with Crippen molar-refractivity contribution in [1.82, 2.24) is 19.9 Å². The van der Waals surface area contributed by atoms with E-state index in [1.165, 1.54) is 12.1 Å². The molecule has 2 heterocycles. The lowest BCUT2D eigenvalue weighted by Crippen LogP contribution is -2.27. The van der Waals surface area contributed by atoms with Gasteiger partial charge in [0.2, 0.25) is 17.1 Å². The zero-order valence-electron chi connectivity index (χ0n) is 20.2. The molecule has 2 aromatic heterocycles. The van der Waals surface area contributed by atoms with Crippen LogP contribution in [-0.4, -0.2) is 40.5 Å². The third-order valence-corrected chi connectivity index (χ3v) is 5.99. The summed E-state index contributed by atoms with van der Waals surface area (Å²) in [5.41, 5.74) is 2.20. The second-order valence-electron chi connectivity index (χ2n) is 8.78. The maximum Gasteiger partial charge on any atom is 0.416 e. The van der Waals surface area contributed by atoms with Crippen LogP contribution < -0.4 is 5.32 Å². The van der Waals surface area contributed by atoms with Crippen LogP contribution in [0.3, 0.4) is 0 Å². The molecule has 0 saturated heterocycles. The van der Waals surface area contributed by atoms with Crippen LogP contribution >= 0.6 is 0 Å². The van der Waals surface area contributed by atoms with Gasteiger partial charge in [-0.15, -0.1) is 0 Å². The number of benzene rings is 3. The van der Waals surface area contributed by atoms with E-state index in [-0.39, 0.29) is 12.6 Å². The summed E-state index contributed by atoms with van der Waals surface area (Å²) in [5.74, 6) is 1.28. The van der Waals surface area contributed by atoms with E-state index in [1.807, 2.05) is 79.7 Å². The van der Waals surface area contributed by atoms with E-state index in [1.54, 1.807) is 6.07 Å². The molecule has 0 saturated carbocycles. The second kappa shape index (κ2) is 10.0. The first-order valence-electron chi connectivity index (χ1n) is 11.7. The average molecular weight is 504 g/mol. The number of nitrogens with one attached hydrogen (secondary N) is 1. The number of oxazole rings is 1. The van der Waals surface area contributed by atoms with Gasteiger partial charge in [-0.3, -0.25) is 0 Å². The first-order valence-corrected chi connectivity index (χ1v) is 11.7. The van der Waals surface area contributed by atoms with E-state index < -0.39 is 11.7 Å². The first-order chi connectivity index (χ1) is 17.8. The molecule has 0 aliphatic heterocycles. The molecule has 1 unspecified atom stereocenters. The third kappa shape index (κ3) is 5.31. The average Bonchev–Trinajstić information content (AvgIpc) is 3.34. The lowest BCUT2D eigenvalue weighted by molar-refractivity contribution is -0.137. The van der Waals surface area contributed by atoms with Crippen molar-refractivity contribution in [1.29, 1.82) is 0 Å². The van der Waals surface area contributed by atoms with Crippen molar-refractivity contribution in [3.63, 3.8) is 0 Å². The summed E-state index contributed by atoms with van der Waals surface area (Å²) < 4.78 is 46.1. The minimum absolute atomic E-state index is 0.274. The normalized spacial score (nSPS) is 12.7. The predicted molar refractivity (Wildman–Crippen MR) is 137 cm³/mol. The van der Waals surface area contributed by atoms with Crippen molar-refractivity contribution in [2.24, 2.45) is 0 Å². The summed E-state index contributed by atoms with van der Waals surface area (Å²) in [6.07, 6.45) is -4.42. The largest absolute Gasteiger partial charge is 0.430 e. The molecule has 1 N–H and O–H groups in total. The number of aromatic nitrogens is 3. The number of hydrogen-bond acceptors (Lipinski definition) is 6. The highest BCUT2D eigenvalue weighted by Crippen LogP contribution is 2.33. The fourth-order valence-electron chi connectivity index (χ4n) is 4.08. The van der Waals surface area contributed by atoms with Gasteiger partial charge in [0, 0.05) is 17.7 Å². The molecule has 0 amide bonds. The Morgan fingerprint density at radius 1 is 0.838 bits per heavy atom. The van der Waals surface area contributed by atoms with Crippen molar-refractivity contribution >= 4 is 17.0 Å². The molecule has 0 aliphatic carbocycles. The van der Waals surface area contributed by atoms with Crippen LogP contribution in [0.5, 0.6) is 0 Å². The number of fused-ring (bicyclic) bond motifs is 1. The van der Waals surface area contributed by atoms with E-state index in [4.69, 9.17) is 9.40 Å². The number of nitrogens with zero attached hydrogens (tertiary/aromatic N) is 4. The van der Waals surface area contributed by atoms with Gasteiger partial charge in [-0.1, -0.05) is 60.7 Å². The van der Waals surface area contributed by atoms with Gasteiger partial charge in [-0.25, -0.2) is 9.97 Å². The van der Waals surface area contributed by atoms with Gasteiger partial charge in [-0.2, -0.15) is 18.2 Å². The number of anilines is 1. The van der Waals surface area contributed by atoms with Crippen LogP contribution in [0.1, 0.15) is 17.2 Å². The Kier molecular flexibility index (Phi) is 6.62. The Morgan fingerprint density at radius 2 is 1.51 bits per heavy atom. The Bertz CT molecular complexity index is 1500. The smallest absolute Gasteiger partial charge is 0.416 e. The second-order valence-corrected chi connectivity index (χ2v) is 8.78. The van der Waals surface area contributed by atoms with Crippen LogP contribution in [0.4, 0.5) is 19.0 Å². The SMILES string of the molecule is CN(C)C(CNc1nc(-c2ccccc2)nc2nc(-c3ccccc3)oc12)c1cccc(C(F)(F)F)c1. The Hall–Kier alpha value is -4.24. The third-order valence-electron chi connectivity index (χ3n) is 5.99. The molecule has 6 nitrogen and oxygen atoms in total. The van der Waals surface area contributed by atoms with Gasteiger partial charge in [0.1, 0.15) is 0 Å². The van der Waals surface area contributed by atoms with Crippen LogP contribution in [0.25, 0.3) is 34.1 Å². The summed E-state index contributed by atoms with van der Waals surface area (Å²) in [6.45, 7) is 0.274. The van der Waals surface area contributed by atoms with Gasteiger partial charge in [0.15, 0.2) is 11.6 Å². The monoisotopic (exact) mass is 503 g/mol. The molecule has 0 fully saturated rings. The Morgan fingerprint density at radius 3 is 2.16 bits per heavy atom. The standard InChI is InChI=1S/C28H24F3N5O/c1-36(2)22(20-14-9-15-21(16-20)28(29,30)31)17-32-25-23-26(34-24(33-25)18-10-5-3-6-11-18)35-27(37-23)19-12-7-4-8-13-19/h3-16,22H,17H2,1-2H3,(H,32,33,34). The molecule has 0 spiro atoms. The zero-order valence-corrected chi connectivity index (χ0v) is 20.2. The number of rotatable bonds is 7. The zero-order chi connectivity index (χ0) is 26.0. The van der Waals surface area contributed by atoms with Crippen molar-refractivity contribution in [2.75, 3.05) is 26.0 Å². The lowest BCUT2D eigenvalue weighted by atomic mass is 10.0. The summed E-state index contributed by atoms with van der Waals surface area (Å²) in [7, 11) is 3.64. The van der Waals surface area contributed by atoms with Gasteiger partial charge in [0.05, 0.1) is 11.6 Å². The van der Waals surface area contributed by atoms with Crippen LogP contribution in [0, 0.1) is 0 Å². The number of likely N-dealkylation sites (N-methyl/N-ethyl adjacent to an activating group) is 1. The topological polar surface area (TPSA) is 67.1 Å². The molecular formula is C28H24F3N5O. The maximum absolute atomic E-state index is 13.3. The highest BCUT2D eigenvalue weighted by Gasteiger charge is 2.31. The van der Waals surface area contributed by atoms with Crippen LogP contribution in [0.15, 0.2) is 89.3 Å². The molecular weight excluding hydrogens is 479 g/mol. The van der Waals surface area contributed by atoms with E-state index in [0.717, 1.165) is 17.2 Å². The van der Waals surface area contributed by atoms with Gasteiger partial charge >= 0.3 is 6.18 Å². The molecule has 0 aliphatic rings. The van der Waals surface area contributed by atoms with Gasteiger partial charge in [-0.05, 0) is 43.9 Å². The Labute approximate surface area is 211 Å². The van der Waals surface area contributed by atoms with Crippen molar-refractivity contribution in [3.8, 4) is 22.8 Å². The van der Waals surface area contributed by atoms with Gasteiger partial charge in [0.25, 0.3) is 0 Å². The van der Waals surface area contributed by atoms with Crippen molar-refractivity contribution < 1.29 is 17.6 Å². The summed E-state index contributed by atoms with van der Waals surface area (Å²) in [6, 6.07) is 23.9. The van der Waals surface area contributed by atoms with Gasteiger partial charge < -0.3 is 14.6 Å². The molecule has 3 aromatic carbocycles. The molecule has 188 valence electrons. The predicted octanol–water partition coefficient (Wildman–Crippen LogP) is 6.69. The highest BCUT2D eigenvalue weighted by atomic mass is 19.4. The molecule has 5 aromatic rings. The fourth-order valence-corrected chi connectivity index (χ4v) is 4.08. The summed E-state index contributed by atoms with van der Waals surface area (Å²) in [5, 5.41) is 3.29. The first kappa shape index (κ1) is 24.5. The van der Waals surface area contributed by atoms with E-state index in [0.29, 0.717) is 34.3 Å². The minimum atomic E-state index is -4.42. The number of halogens is 3. The van der Waals surface area contributed by atoms with E-state index in [2.05, 4.69) is 15.3 Å². The van der Waals surface area contributed by atoms with Crippen molar-refractivity contribution in [2.45, 2.75) is 12.2 Å². The summed E-state index contributed by atoms with van der Waals surface area (Å²) >= 11 is 0. The van der Waals surface area contributed by atoms with Crippen molar-refractivity contribution in [3.05, 3.63) is 96.1 Å². The molecule has 0 bridgehead atoms. The van der Waals surface area contributed by atoms with E-state index in [9.17, 15) is 13.2 Å². The maximum atomic E-state index is 13.3. The fraction of sp³-hybridized carbons (Fsp3) is 0.179. The molecule has 9 heteroatoms. The quantitative estimate of drug-likeness (QED) is 0.267. The highest BCUT2D eigenvalue weighted by molar-refractivity contribution is 5.84. The number of alkyl halides is 3. The molecule has 37 heavy (non-hydrogen) atoms. The lowest BCUT2D eigenvalue weighted by Gasteiger charge is -2.26. The summed E-state index contributed by atoms with van der Waals surface area (Å²) in [4.78, 5) is 15.8. The molecule has 1 atom stereocenters. The number of hydrogen-bond donors (Lipinski definition) is 1. The molecule has 5 rings (SSSR count).